The number of nitriles is 1. The van der Waals surface area contributed by atoms with Gasteiger partial charge in [0.05, 0.1) is 18.7 Å². The van der Waals surface area contributed by atoms with Gasteiger partial charge >= 0.3 is 6.18 Å². The molecule has 0 aliphatic heterocycles. The molecule has 1 saturated carbocycles. The van der Waals surface area contributed by atoms with Crippen LogP contribution in [0.2, 0.25) is 0 Å². The molecule has 3 nitrogen and oxygen atoms in total. The molecule has 1 aromatic carbocycles. The molecule has 1 aromatic rings. The SMILES string of the molecule is COc1ccc(C#N)cc1OCC1(C(F)(F)F)CC1. The zero-order valence-electron chi connectivity index (χ0n) is 10.3. The van der Waals surface area contributed by atoms with Crippen molar-refractivity contribution in [2.75, 3.05) is 13.7 Å². The van der Waals surface area contributed by atoms with E-state index in [4.69, 9.17) is 14.7 Å². The fourth-order valence-electron chi connectivity index (χ4n) is 1.74. The van der Waals surface area contributed by atoms with Crippen LogP contribution < -0.4 is 9.47 Å². The van der Waals surface area contributed by atoms with Crippen LogP contribution in [0.5, 0.6) is 11.5 Å². The number of methoxy groups -OCH3 is 1. The maximum atomic E-state index is 12.8. The summed E-state index contributed by atoms with van der Waals surface area (Å²) in [5.41, 5.74) is -1.42. The normalized spacial score (nSPS) is 16.6. The van der Waals surface area contributed by atoms with Crippen LogP contribution in [-0.2, 0) is 0 Å². The van der Waals surface area contributed by atoms with Gasteiger partial charge in [-0.05, 0) is 25.0 Å². The quantitative estimate of drug-likeness (QED) is 0.843. The molecule has 2 rings (SSSR count). The van der Waals surface area contributed by atoms with Crippen molar-refractivity contribution in [3.05, 3.63) is 23.8 Å². The number of hydrogen-bond donors (Lipinski definition) is 0. The van der Waals surface area contributed by atoms with E-state index in [0.717, 1.165) is 0 Å². The molecule has 0 aromatic heterocycles. The van der Waals surface area contributed by atoms with Gasteiger partial charge in [0.15, 0.2) is 11.5 Å². The van der Waals surface area contributed by atoms with E-state index in [2.05, 4.69) is 0 Å². The zero-order chi connectivity index (χ0) is 14.1. The molecule has 0 spiro atoms. The molecule has 0 atom stereocenters. The lowest BCUT2D eigenvalue weighted by Gasteiger charge is -2.20. The van der Waals surface area contributed by atoms with E-state index >= 15 is 0 Å². The first-order valence-electron chi connectivity index (χ1n) is 5.69. The summed E-state index contributed by atoms with van der Waals surface area (Å²) in [6.45, 7) is -0.443. The number of rotatable bonds is 4. The third-order valence-corrected chi connectivity index (χ3v) is 3.25. The van der Waals surface area contributed by atoms with Gasteiger partial charge in [-0.1, -0.05) is 0 Å². The third kappa shape index (κ3) is 2.60. The van der Waals surface area contributed by atoms with Crippen molar-refractivity contribution in [1.82, 2.24) is 0 Å². The van der Waals surface area contributed by atoms with Gasteiger partial charge in [0.25, 0.3) is 0 Å². The molecule has 0 bridgehead atoms. The predicted molar refractivity (Wildman–Crippen MR) is 60.9 cm³/mol. The molecule has 0 heterocycles. The Labute approximate surface area is 108 Å². The number of alkyl halides is 3. The lowest BCUT2D eigenvalue weighted by molar-refractivity contribution is -0.194. The Morgan fingerprint density at radius 3 is 2.47 bits per heavy atom. The highest BCUT2D eigenvalue weighted by molar-refractivity contribution is 5.46. The summed E-state index contributed by atoms with van der Waals surface area (Å²) in [7, 11) is 1.39. The van der Waals surface area contributed by atoms with Crippen molar-refractivity contribution in [2.45, 2.75) is 19.0 Å². The molecule has 102 valence electrons. The highest BCUT2D eigenvalue weighted by Gasteiger charge is 2.63. The molecule has 6 heteroatoms. The molecule has 19 heavy (non-hydrogen) atoms. The van der Waals surface area contributed by atoms with Crippen LogP contribution in [0.25, 0.3) is 0 Å². The van der Waals surface area contributed by atoms with Gasteiger partial charge in [-0.15, -0.1) is 0 Å². The van der Waals surface area contributed by atoms with Crippen molar-refractivity contribution in [3.63, 3.8) is 0 Å². The Morgan fingerprint density at radius 2 is 2.00 bits per heavy atom. The van der Waals surface area contributed by atoms with Crippen LogP contribution in [0.3, 0.4) is 0 Å². The Kier molecular flexibility index (Phi) is 3.31. The maximum Gasteiger partial charge on any atom is 0.397 e. The van der Waals surface area contributed by atoms with Crippen LogP contribution in [0.1, 0.15) is 18.4 Å². The van der Waals surface area contributed by atoms with Crippen molar-refractivity contribution >= 4 is 0 Å². The molecule has 1 aliphatic rings. The third-order valence-electron chi connectivity index (χ3n) is 3.25. The van der Waals surface area contributed by atoms with Crippen molar-refractivity contribution in [1.29, 1.82) is 5.26 Å². The van der Waals surface area contributed by atoms with E-state index in [1.165, 1.54) is 25.3 Å². The second kappa shape index (κ2) is 4.65. The summed E-state index contributed by atoms with van der Waals surface area (Å²) in [6, 6.07) is 6.30. The van der Waals surface area contributed by atoms with E-state index in [0.29, 0.717) is 11.3 Å². The Morgan fingerprint density at radius 1 is 1.32 bits per heavy atom. The summed E-state index contributed by atoms with van der Waals surface area (Å²) in [5.74, 6) is 0.481. The minimum absolute atomic E-state index is 0.0801. The van der Waals surface area contributed by atoms with Crippen LogP contribution >= 0.6 is 0 Å². The van der Waals surface area contributed by atoms with Gasteiger partial charge < -0.3 is 9.47 Å². The average Bonchev–Trinajstić information content (AvgIpc) is 3.16. The second-order valence-corrected chi connectivity index (χ2v) is 4.54. The first-order valence-corrected chi connectivity index (χ1v) is 5.69. The van der Waals surface area contributed by atoms with Crippen LogP contribution in [-0.4, -0.2) is 19.9 Å². The standard InChI is InChI=1S/C13H12F3NO2/c1-18-10-3-2-9(7-17)6-11(10)19-8-12(4-5-12)13(14,15)16/h2-3,6H,4-5,8H2,1H3. The first kappa shape index (κ1) is 13.5. The fraction of sp³-hybridized carbons (Fsp3) is 0.462. The first-order chi connectivity index (χ1) is 8.92. The largest absolute Gasteiger partial charge is 0.493 e. The minimum Gasteiger partial charge on any atom is -0.493 e. The molecule has 0 amide bonds. The molecular formula is C13H12F3NO2. The van der Waals surface area contributed by atoms with E-state index in [1.54, 1.807) is 0 Å². The smallest absolute Gasteiger partial charge is 0.397 e. The maximum absolute atomic E-state index is 12.8. The molecule has 1 fully saturated rings. The average molecular weight is 271 g/mol. The topological polar surface area (TPSA) is 42.2 Å². The highest BCUT2D eigenvalue weighted by atomic mass is 19.4. The van der Waals surface area contributed by atoms with Gasteiger partial charge in [0, 0.05) is 6.07 Å². The number of halogens is 3. The molecular weight excluding hydrogens is 259 g/mol. The van der Waals surface area contributed by atoms with Crippen molar-refractivity contribution in [3.8, 4) is 17.6 Å². The molecule has 0 saturated heterocycles. The number of nitrogens with zero attached hydrogens (tertiary/aromatic N) is 1. The van der Waals surface area contributed by atoms with Crippen LogP contribution in [0.15, 0.2) is 18.2 Å². The minimum atomic E-state index is -4.26. The number of ether oxygens (including phenoxy) is 2. The Hall–Kier alpha value is -1.90. The predicted octanol–water partition coefficient (Wildman–Crippen LogP) is 3.29. The lowest BCUT2D eigenvalue weighted by Crippen LogP contribution is -2.30. The fourth-order valence-corrected chi connectivity index (χ4v) is 1.74. The van der Waals surface area contributed by atoms with E-state index in [-0.39, 0.29) is 18.6 Å². The zero-order valence-corrected chi connectivity index (χ0v) is 10.3. The summed E-state index contributed by atoms with van der Waals surface area (Å²) in [4.78, 5) is 0. The monoisotopic (exact) mass is 271 g/mol. The van der Waals surface area contributed by atoms with Gasteiger partial charge in [0.1, 0.15) is 12.0 Å². The van der Waals surface area contributed by atoms with Gasteiger partial charge in [-0.25, -0.2) is 0 Å². The lowest BCUT2D eigenvalue weighted by atomic mass is 10.1. The van der Waals surface area contributed by atoms with Crippen LogP contribution in [0, 0.1) is 16.7 Å². The summed E-state index contributed by atoms with van der Waals surface area (Å²) < 4.78 is 48.5. The molecule has 0 unspecified atom stereocenters. The molecule has 1 aliphatic carbocycles. The van der Waals surface area contributed by atoms with Gasteiger partial charge in [-0.3, -0.25) is 0 Å². The van der Waals surface area contributed by atoms with E-state index < -0.39 is 18.2 Å². The van der Waals surface area contributed by atoms with Gasteiger partial charge in [0.2, 0.25) is 0 Å². The Balaban J connectivity index is 2.14. The highest BCUT2D eigenvalue weighted by Crippen LogP contribution is 2.57. The number of hydrogen-bond acceptors (Lipinski definition) is 3. The number of benzene rings is 1. The van der Waals surface area contributed by atoms with E-state index in [9.17, 15) is 13.2 Å². The summed E-state index contributed by atoms with van der Waals surface area (Å²) in [5, 5.41) is 8.77. The second-order valence-electron chi connectivity index (χ2n) is 4.54. The molecule has 0 N–H and O–H groups in total. The van der Waals surface area contributed by atoms with Crippen LogP contribution in [0.4, 0.5) is 13.2 Å². The Bertz CT molecular complexity index is 516. The van der Waals surface area contributed by atoms with E-state index in [1.807, 2.05) is 6.07 Å². The van der Waals surface area contributed by atoms with Gasteiger partial charge in [-0.2, -0.15) is 18.4 Å². The summed E-state index contributed by atoms with van der Waals surface area (Å²) in [6.07, 6.45) is -4.10. The van der Waals surface area contributed by atoms with Crippen molar-refractivity contribution < 1.29 is 22.6 Å². The summed E-state index contributed by atoms with van der Waals surface area (Å²) >= 11 is 0. The van der Waals surface area contributed by atoms with Crippen molar-refractivity contribution in [2.24, 2.45) is 5.41 Å². The molecule has 0 radical (unpaired) electrons.